The van der Waals surface area contributed by atoms with Gasteiger partial charge in [0.25, 0.3) is 0 Å². The molecule has 6 heteroatoms. The van der Waals surface area contributed by atoms with Gasteiger partial charge in [0, 0.05) is 37.0 Å². The van der Waals surface area contributed by atoms with Crippen LogP contribution >= 0.6 is 0 Å². The zero-order valence-corrected chi connectivity index (χ0v) is 27.8. The van der Waals surface area contributed by atoms with Crippen molar-refractivity contribution < 1.29 is 28.6 Å². The lowest BCUT2D eigenvalue weighted by Gasteiger charge is -2.69. The third-order valence-electron chi connectivity index (χ3n) is 13.5. The molecule has 0 aliphatic heterocycles. The normalized spacial score (nSPS) is 45.5. The highest BCUT2D eigenvalue weighted by atomic mass is 16.6. The van der Waals surface area contributed by atoms with E-state index in [4.69, 9.17) is 14.2 Å². The minimum atomic E-state index is -0.305. The summed E-state index contributed by atoms with van der Waals surface area (Å²) in [6.07, 6.45) is 12.4. The third-order valence-corrected chi connectivity index (χ3v) is 13.5. The third kappa shape index (κ3) is 4.51. The number of fused-ring (bicyclic) bond motifs is 6. The average molecular weight is 583 g/mol. The molecule has 0 amide bonds. The van der Waals surface area contributed by atoms with Crippen molar-refractivity contribution in [2.45, 2.75) is 133 Å². The van der Waals surface area contributed by atoms with E-state index in [9.17, 15) is 14.4 Å². The second-order valence-corrected chi connectivity index (χ2v) is 16.5. The van der Waals surface area contributed by atoms with Crippen molar-refractivity contribution in [1.29, 1.82) is 0 Å². The van der Waals surface area contributed by atoms with Crippen LogP contribution < -0.4 is 0 Å². The Morgan fingerprint density at radius 3 is 2.07 bits per heavy atom. The number of esters is 3. The zero-order valence-electron chi connectivity index (χ0n) is 27.8. The molecule has 6 nitrogen and oxygen atoms in total. The summed E-state index contributed by atoms with van der Waals surface area (Å²) >= 11 is 0. The van der Waals surface area contributed by atoms with Crippen molar-refractivity contribution in [3.05, 3.63) is 23.3 Å². The van der Waals surface area contributed by atoms with E-state index in [1.54, 1.807) is 0 Å². The second kappa shape index (κ2) is 9.95. The molecule has 0 aromatic rings. The maximum atomic E-state index is 12.3. The Labute approximate surface area is 253 Å². The van der Waals surface area contributed by atoms with Crippen LogP contribution in [0.4, 0.5) is 0 Å². The Balaban J connectivity index is 1.60. The molecule has 0 bridgehead atoms. The number of allylic oxidation sites excluding steroid dienone is 3. The topological polar surface area (TPSA) is 78.9 Å². The highest BCUT2D eigenvalue weighted by molar-refractivity contribution is 5.67. The molecule has 234 valence electrons. The van der Waals surface area contributed by atoms with Gasteiger partial charge in [-0.1, -0.05) is 66.2 Å². The molecule has 0 heterocycles. The predicted molar refractivity (Wildman–Crippen MR) is 162 cm³/mol. The number of hydrogen-bond donors (Lipinski definition) is 0. The van der Waals surface area contributed by atoms with Crippen LogP contribution in [-0.4, -0.2) is 36.7 Å². The van der Waals surface area contributed by atoms with Gasteiger partial charge in [0.2, 0.25) is 0 Å². The number of carbonyl (C=O) groups excluding carboxylic acids is 3. The number of carbonyl (C=O) groups is 3. The first kappa shape index (κ1) is 31.3. The first-order chi connectivity index (χ1) is 19.3. The van der Waals surface area contributed by atoms with Crippen molar-refractivity contribution in [1.82, 2.24) is 0 Å². The van der Waals surface area contributed by atoms with Gasteiger partial charge in [-0.25, -0.2) is 0 Å². The van der Waals surface area contributed by atoms with E-state index in [0.717, 1.165) is 44.9 Å². The molecule has 9 atom stereocenters. The predicted octanol–water partition coefficient (Wildman–Crippen LogP) is 7.74. The number of hydrogen-bond acceptors (Lipinski definition) is 6. The second-order valence-electron chi connectivity index (χ2n) is 16.5. The first-order valence-electron chi connectivity index (χ1n) is 16.2. The molecule has 0 aromatic carbocycles. The maximum Gasteiger partial charge on any atom is 0.302 e. The van der Waals surface area contributed by atoms with E-state index in [-0.39, 0.29) is 62.6 Å². The lowest BCUT2D eigenvalue weighted by Crippen LogP contribution is -2.63. The van der Waals surface area contributed by atoms with Crippen molar-refractivity contribution in [3.63, 3.8) is 0 Å². The number of rotatable bonds is 4. The van der Waals surface area contributed by atoms with Gasteiger partial charge in [-0.15, -0.1) is 0 Å². The summed E-state index contributed by atoms with van der Waals surface area (Å²) in [4.78, 5) is 36.1. The molecule has 5 aliphatic carbocycles. The molecule has 0 spiro atoms. The van der Waals surface area contributed by atoms with Gasteiger partial charge in [0.05, 0.1) is 6.61 Å². The van der Waals surface area contributed by atoms with E-state index < -0.39 is 0 Å². The summed E-state index contributed by atoms with van der Waals surface area (Å²) in [7, 11) is 0. The Morgan fingerprint density at radius 1 is 0.810 bits per heavy atom. The fourth-order valence-corrected chi connectivity index (χ4v) is 11.0. The molecule has 0 aromatic heterocycles. The van der Waals surface area contributed by atoms with E-state index in [2.05, 4.69) is 60.6 Å². The molecule has 3 fully saturated rings. The summed E-state index contributed by atoms with van der Waals surface area (Å²) in [6.45, 7) is 21.5. The van der Waals surface area contributed by atoms with Crippen LogP contribution in [-0.2, 0) is 28.6 Å². The first-order valence-corrected chi connectivity index (χ1v) is 16.2. The summed E-state index contributed by atoms with van der Waals surface area (Å²) in [5.74, 6) is 0.182. The SMILES string of the molecule is CC(=O)OC[C@]1(C)CC2=C3C=C[C@@H]4[C@@]5(C)CC[C@H](OC(C)=O)C(C)(C)[C@@H]5CC[C@@]4(C)[C@]3(C)CC[C@@]2(C)[C@@H](OC(C)=O)C1. The number of ether oxygens (including phenoxy) is 3. The monoisotopic (exact) mass is 582 g/mol. The Bertz CT molecular complexity index is 1230. The molecule has 42 heavy (non-hydrogen) atoms. The lowest BCUT2D eigenvalue weighted by atomic mass is 9.35. The smallest absolute Gasteiger partial charge is 0.302 e. The summed E-state index contributed by atoms with van der Waals surface area (Å²) < 4.78 is 17.6. The Morgan fingerprint density at radius 2 is 1.45 bits per heavy atom. The maximum absolute atomic E-state index is 12.3. The average Bonchev–Trinajstić information content (AvgIpc) is 2.86. The van der Waals surface area contributed by atoms with Crippen molar-refractivity contribution in [2.75, 3.05) is 6.61 Å². The summed E-state index contributed by atoms with van der Waals surface area (Å²) in [5.41, 5.74) is 2.35. The minimum absolute atomic E-state index is 0.0213. The lowest BCUT2D eigenvalue weighted by molar-refractivity contribution is -0.198. The van der Waals surface area contributed by atoms with Crippen LogP contribution in [0.25, 0.3) is 0 Å². The van der Waals surface area contributed by atoms with Gasteiger partial charge >= 0.3 is 17.9 Å². The minimum Gasteiger partial charge on any atom is -0.465 e. The van der Waals surface area contributed by atoms with E-state index in [1.165, 1.54) is 31.9 Å². The fourth-order valence-electron chi connectivity index (χ4n) is 11.0. The Kier molecular flexibility index (Phi) is 7.42. The zero-order chi connectivity index (χ0) is 31.1. The van der Waals surface area contributed by atoms with Gasteiger partial charge in [0.15, 0.2) is 0 Å². The molecule has 0 saturated heterocycles. The summed E-state index contributed by atoms with van der Waals surface area (Å²) in [5, 5.41) is 0. The molecule has 5 aliphatic rings. The molecule has 0 radical (unpaired) electrons. The van der Waals surface area contributed by atoms with Crippen LogP contribution in [0.5, 0.6) is 0 Å². The van der Waals surface area contributed by atoms with Crippen molar-refractivity contribution in [3.8, 4) is 0 Å². The van der Waals surface area contributed by atoms with Gasteiger partial charge < -0.3 is 14.2 Å². The largest absolute Gasteiger partial charge is 0.465 e. The highest BCUT2D eigenvalue weighted by Gasteiger charge is 2.67. The van der Waals surface area contributed by atoms with Gasteiger partial charge in [-0.05, 0) is 85.0 Å². The molecule has 0 N–H and O–H groups in total. The van der Waals surface area contributed by atoms with E-state index >= 15 is 0 Å². The molecular formula is C36H54O6. The van der Waals surface area contributed by atoms with Crippen molar-refractivity contribution in [2.24, 2.45) is 44.3 Å². The van der Waals surface area contributed by atoms with Gasteiger partial charge in [-0.3, -0.25) is 14.4 Å². The van der Waals surface area contributed by atoms with Gasteiger partial charge in [-0.2, -0.15) is 0 Å². The molecular weight excluding hydrogens is 528 g/mol. The summed E-state index contributed by atoms with van der Waals surface area (Å²) in [6, 6.07) is 0. The van der Waals surface area contributed by atoms with Crippen LogP contribution in [0.3, 0.4) is 0 Å². The highest BCUT2D eigenvalue weighted by Crippen LogP contribution is 2.74. The van der Waals surface area contributed by atoms with Crippen LogP contribution in [0.15, 0.2) is 23.3 Å². The van der Waals surface area contributed by atoms with Crippen molar-refractivity contribution >= 4 is 17.9 Å². The molecule has 0 unspecified atom stereocenters. The molecule has 5 rings (SSSR count). The standard InChI is InChI=1S/C36H54O6/c1-22(37)40-21-32(6)19-26-25-11-12-28-34(8)15-14-29(41-23(2)38)31(4,5)27(34)13-16-36(28,10)35(25,9)18-17-33(26,7)30(20-32)42-24(3)39/h11-12,27-30H,13-21H2,1-10H3/t27-,28+,29-,30-,32+,33+,34-,35+,36+/m0/s1. The fraction of sp³-hybridized carbons (Fsp3) is 0.806. The van der Waals surface area contributed by atoms with Crippen LogP contribution in [0.1, 0.15) is 121 Å². The molecule has 3 saturated carbocycles. The van der Waals surface area contributed by atoms with Crippen LogP contribution in [0.2, 0.25) is 0 Å². The Hall–Kier alpha value is -2.11. The van der Waals surface area contributed by atoms with E-state index in [0.29, 0.717) is 24.9 Å². The van der Waals surface area contributed by atoms with Crippen LogP contribution in [0, 0.1) is 44.3 Å². The van der Waals surface area contributed by atoms with Gasteiger partial charge in [0.1, 0.15) is 12.2 Å². The quantitative estimate of drug-likeness (QED) is 0.249. The van der Waals surface area contributed by atoms with E-state index in [1.807, 2.05) is 0 Å².